The summed E-state index contributed by atoms with van der Waals surface area (Å²) in [5, 5.41) is 12.9. The van der Waals surface area contributed by atoms with Gasteiger partial charge in [-0.15, -0.1) is 12.4 Å². The number of halogens is 3. The third-order valence-corrected chi connectivity index (χ3v) is 5.50. The summed E-state index contributed by atoms with van der Waals surface area (Å²) >= 11 is 0. The minimum atomic E-state index is -2.99. The van der Waals surface area contributed by atoms with Crippen molar-refractivity contribution < 1.29 is 32.6 Å². The summed E-state index contributed by atoms with van der Waals surface area (Å²) in [5.74, 6) is 0.354. The van der Waals surface area contributed by atoms with E-state index in [4.69, 9.17) is 14.9 Å². The molecule has 2 aromatic rings. The Kier molecular flexibility index (Phi) is 8.34. The van der Waals surface area contributed by atoms with Crippen LogP contribution in [-0.4, -0.2) is 59.5 Å². The van der Waals surface area contributed by atoms with Crippen molar-refractivity contribution in [1.29, 1.82) is 0 Å². The summed E-state index contributed by atoms with van der Waals surface area (Å²) in [7, 11) is 0. The number of carbonyl (C=O) groups excluding carboxylic acids is 1. The molecule has 2 fully saturated rings. The Morgan fingerprint density at radius 3 is 2.71 bits per heavy atom. The molecule has 188 valence electrons. The van der Waals surface area contributed by atoms with E-state index in [2.05, 4.69) is 15.0 Å². The molecule has 12 heteroatoms. The van der Waals surface area contributed by atoms with Crippen LogP contribution in [0.1, 0.15) is 49.0 Å². The summed E-state index contributed by atoms with van der Waals surface area (Å²) in [6.07, 6.45) is 1.22. The first-order valence-electron chi connectivity index (χ1n) is 10.9. The standard InChI is InChI=1S/C22H28F2N4O5.ClH/c1-11-8-28(9-17(29)26-11)21(30)18-19(12(2)25)33-20(27-18)14-5-6-15(32-22(23)24)16(7-14)31-10-13-3-4-13;/h5-7,11-13,17,22,26,29H,3-4,8-10,25H2,1-2H3;1H/t11?,12-,17?;/m0./s1. The summed E-state index contributed by atoms with van der Waals surface area (Å²) < 4.78 is 41.8. The lowest BCUT2D eigenvalue weighted by atomic mass is 10.1. The van der Waals surface area contributed by atoms with E-state index in [9.17, 15) is 18.7 Å². The number of hydrogen-bond donors (Lipinski definition) is 3. The smallest absolute Gasteiger partial charge is 0.387 e. The number of alkyl halides is 2. The molecule has 1 aromatic carbocycles. The van der Waals surface area contributed by atoms with Gasteiger partial charge in [-0.05, 0) is 50.8 Å². The second-order valence-electron chi connectivity index (χ2n) is 8.61. The third-order valence-electron chi connectivity index (χ3n) is 5.50. The number of amides is 1. The Labute approximate surface area is 202 Å². The van der Waals surface area contributed by atoms with Crippen molar-refractivity contribution in [3.63, 3.8) is 0 Å². The van der Waals surface area contributed by atoms with E-state index >= 15 is 0 Å². The van der Waals surface area contributed by atoms with Crippen molar-refractivity contribution >= 4 is 18.3 Å². The second-order valence-corrected chi connectivity index (χ2v) is 8.61. The highest BCUT2D eigenvalue weighted by Crippen LogP contribution is 2.37. The number of nitrogens with two attached hydrogens (primary N) is 1. The van der Waals surface area contributed by atoms with E-state index in [1.807, 2.05) is 6.92 Å². The van der Waals surface area contributed by atoms with Gasteiger partial charge >= 0.3 is 6.61 Å². The molecule has 1 amide bonds. The van der Waals surface area contributed by atoms with Crippen LogP contribution < -0.4 is 20.5 Å². The van der Waals surface area contributed by atoms with E-state index in [0.717, 1.165) is 12.8 Å². The number of nitrogens with one attached hydrogen (secondary N) is 1. The predicted molar refractivity (Wildman–Crippen MR) is 121 cm³/mol. The number of piperazine rings is 1. The minimum absolute atomic E-state index is 0. The van der Waals surface area contributed by atoms with Gasteiger partial charge in [0.2, 0.25) is 5.89 Å². The number of aliphatic hydroxyl groups is 1. The Balaban J connectivity index is 0.00000324. The summed E-state index contributed by atoms with van der Waals surface area (Å²) in [6, 6.07) is 3.64. The number of oxazole rings is 1. The molecule has 1 aromatic heterocycles. The van der Waals surface area contributed by atoms with Crippen molar-refractivity contribution in [1.82, 2.24) is 15.2 Å². The number of aromatic nitrogens is 1. The molecule has 2 heterocycles. The Morgan fingerprint density at radius 1 is 1.35 bits per heavy atom. The molecule has 1 saturated heterocycles. The summed E-state index contributed by atoms with van der Waals surface area (Å²) in [4.78, 5) is 19.0. The van der Waals surface area contributed by atoms with Gasteiger partial charge < -0.3 is 29.6 Å². The summed E-state index contributed by atoms with van der Waals surface area (Å²) in [5.41, 5.74) is 6.51. The van der Waals surface area contributed by atoms with Crippen molar-refractivity contribution in [2.75, 3.05) is 19.7 Å². The van der Waals surface area contributed by atoms with Crippen LogP contribution in [0.25, 0.3) is 11.5 Å². The van der Waals surface area contributed by atoms with E-state index in [1.165, 1.54) is 23.1 Å². The van der Waals surface area contributed by atoms with Gasteiger partial charge in [0, 0.05) is 18.2 Å². The molecule has 3 atom stereocenters. The van der Waals surface area contributed by atoms with Crippen LogP contribution in [-0.2, 0) is 0 Å². The van der Waals surface area contributed by atoms with Crippen LogP contribution in [0, 0.1) is 5.92 Å². The van der Waals surface area contributed by atoms with E-state index in [0.29, 0.717) is 24.6 Å². The zero-order chi connectivity index (χ0) is 23.7. The normalized spacial score (nSPS) is 21.2. The Bertz CT molecular complexity index is 992. The molecule has 2 aliphatic rings. The first-order chi connectivity index (χ1) is 15.7. The molecule has 9 nitrogen and oxygen atoms in total. The van der Waals surface area contributed by atoms with Crippen LogP contribution in [0.3, 0.4) is 0 Å². The topological polar surface area (TPSA) is 123 Å². The van der Waals surface area contributed by atoms with Crippen LogP contribution in [0.2, 0.25) is 0 Å². The lowest BCUT2D eigenvalue weighted by Gasteiger charge is -2.34. The molecule has 1 aliphatic carbocycles. The molecular weight excluding hydrogens is 474 g/mol. The third kappa shape index (κ3) is 6.15. The predicted octanol–water partition coefficient (Wildman–Crippen LogP) is 2.93. The average Bonchev–Trinajstić information content (AvgIpc) is 3.46. The average molecular weight is 503 g/mol. The van der Waals surface area contributed by atoms with Crippen molar-refractivity contribution in [3.8, 4) is 23.0 Å². The Morgan fingerprint density at radius 2 is 2.09 bits per heavy atom. The van der Waals surface area contributed by atoms with Gasteiger partial charge in [-0.1, -0.05) is 0 Å². The lowest BCUT2D eigenvalue weighted by molar-refractivity contribution is -0.0515. The fourth-order valence-electron chi connectivity index (χ4n) is 3.72. The van der Waals surface area contributed by atoms with Gasteiger partial charge in [0.15, 0.2) is 23.0 Å². The van der Waals surface area contributed by atoms with Gasteiger partial charge in [-0.2, -0.15) is 8.78 Å². The fourth-order valence-corrected chi connectivity index (χ4v) is 3.72. The zero-order valence-electron chi connectivity index (χ0n) is 18.9. The molecule has 0 radical (unpaired) electrons. The lowest BCUT2D eigenvalue weighted by Crippen LogP contribution is -2.57. The van der Waals surface area contributed by atoms with Crippen LogP contribution in [0.5, 0.6) is 11.5 Å². The van der Waals surface area contributed by atoms with Gasteiger partial charge in [0.05, 0.1) is 19.2 Å². The molecule has 4 N–H and O–H groups in total. The number of β-amino-alcohol motifs (C(OH)–C–C–N with tert-alkyl or cyclic N) is 1. The number of ether oxygens (including phenoxy) is 2. The maximum Gasteiger partial charge on any atom is 0.387 e. The molecule has 0 bridgehead atoms. The monoisotopic (exact) mass is 502 g/mol. The maximum absolute atomic E-state index is 13.2. The highest BCUT2D eigenvalue weighted by molar-refractivity contribution is 5.94. The van der Waals surface area contributed by atoms with Crippen molar-refractivity contribution in [3.05, 3.63) is 29.7 Å². The van der Waals surface area contributed by atoms with Gasteiger partial charge in [-0.3, -0.25) is 10.1 Å². The number of benzene rings is 1. The molecule has 1 aliphatic heterocycles. The van der Waals surface area contributed by atoms with Gasteiger partial charge in [0.1, 0.15) is 6.23 Å². The molecule has 34 heavy (non-hydrogen) atoms. The largest absolute Gasteiger partial charge is 0.489 e. The molecule has 0 spiro atoms. The summed E-state index contributed by atoms with van der Waals surface area (Å²) in [6.45, 7) is 1.41. The SMILES string of the molecule is CC1CN(C(=O)c2nc(-c3ccc(OC(F)F)c(OCC4CC4)c3)oc2[C@H](C)N)CC(O)N1.Cl. The Hall–Kier alpha value is -2.47. The number of aliphatic hydroxyl groups excluding tert-OH is 1. The molecule has 4 rings (SSSR count). The first-order valence-corrected chi connectivity index (χ1v) is 10.9. The number of nitrogens with zero attached hydrogens (tertiary/aromatic N) is 2. The minimum Gasteiger partial charge on any atom is -0.489 e. The van der Waals surface area contributed by atoms with E-state index in [1.54, 1.807) is 6.92 Å². The quantitative estimate of drug-likeness (QED) is 0.503. The molecule has 2 unspecified atom stereocenters. The first kappa shape index (κ1) is 26.1. The van der Waals surface area contributed by atoms with Crippen molar-refractivity contribution in [2.45, 2.75) is 51.6 Å². The number of hydrogen-bond acceptors (Lipinski definition) is 8. The maximum atomic E-state index is 13.2. The highest BCUT2D eigenvalue weighted by Gasteiger charge is 2.32. The fraction of sp³-hybridized carbons (Fsp3) is 0.545. The van der Waals surface area contributed by atoms with Crippen LogP contribution in [0.4, 0.5) is 8.78 Å². The van der Waals surface area contributed by atoms with Crippen LogP contribution >= 0.6 is 12.4 Å². The molecule has 1 saturated carbocycles. The zero-order valence-corrected chi connectivity index (χ0v) is 19.7. The van der Waals surface area contributed by atoms with Gasteiger partial charge in [-0.25, -0.2) is 4.98 Å². The van der Waals surface area contributed by atoms with Gasteiger partial charge in [0.25, 0.3) is 5.91 Å². The second kappa shape index (κ2) is 10.9. The number of carbonyl (C=O) groups is 1. The van der Waals surface area contributed by atoms with E-state index in [-0.39, 0.29) is 53.8 Å². The highest BCUT2D eigenvalue weighted by atomic mass is 35.5. The van der Waals surface area contributed by atoms with Crippen LogP contribution in [0.15, 0.2) is 22.6 Å². The van der Waals surface area contributed by atoms with Crippen molar-refractivity contribution in [2.24, 2.45) is 11.7 Å². The molecular formula is C22H29ClF2N4O5. The van der Waals surface area contributed by atoms with E-state index < -0.39 is 24.8 Å². The number of rotatable bonds is 8.